The van der Waals surface area contributed by atoms with Crippen LogP contribution in [0.1, 0.15) is 44.7 Å². The largest absolute Gasteiger partial charge is 0.308 e. The molecule has 0 bridgehead atoms. The Balaban J connectivity index is 1.39. The molecule has 5 heteroatoms. The smallest absolute Gasteiger partial charge is 0.0965 e. The van der Waals surface area contributed by atoms with E-state index in [0.717, 1.165) is 24.8 Å². The van der Waals surface area contributed by atoms with Crippen LogP contribution in [0.4, 0.5) is 0 Å². The van der Waals surface area contributed by atoms with Crippen LogP contribution in [0.2, 0.25) is 0 Å². The van der Waals surface area contributed by atoms with Crippen molar-refractivity contribution in [2.75, 3.05) is 13.1 Å². The van der Waals surface area contributed by atoms with Gasteiger partial charge in [0, 0.05) is 18.6 Å². The summed E-state index contributed by atoms with van der Waals surface area (Å²) in [6.45, 7) is 6.30. The molecule has 5 nitrogen and oxygen atoms in total. The van der Waals surface area contributed by atoms with Crippen LogP contribution in [0.5, 0.6) is 0 Å². The van der Waals surface area contributed by atoms with Crippen LogP contribution < -0.4 is 5.32 Å². The molecule has 0 unspecified atom stereocenters. The summed E-state index contributed by atoms with van der Waals surface area (Å²) in [7, 11) is 0. The quantitative estimate of drug-likeness (QED) is 0.872. The number of likely N-dealkylation sites (tertiary alicyclic amines) is 1. The lowest BCUT2D eigenvalue weighted by atomic mass is 9.89. The van der Waals surface area contributed by atoms with Gasteiger partial charge in [0.1, 0.15) is 0 Å². The molecule has 0 amide bonds. The first-order valence-corrected chi connectivity index (χ1v) is 7.71. The van der Waals surface area contributed by atoms with Crippen LogP contribution in [0.25, 0.3) is 0 Å². The molecule has 0 spiro atoms. The molecule has 2 fully saturated rings. The van der Waals surface area contributed by atoms with Crippen molar-refractivity contribution < 1.29 is 0 Å². The summed E-state index contributed by atoms with van der Waals surface area (Å²) >= 11 is 0. The lowest BCUT2D eigenvalue weighted by Gasteiger charge is -2.41. The van der Waals surface area contributed by atoms with E-state index in [9.17, 15) is 0 Å². The molecule has 2 aliphatic rings. The van der Waals surface area contributed by atoms with Gasteiger partial charge in [0.15, 0.2) is 0 Å². The fourth-order valence-electron chi connectivity index (χ4n) is 3.04. The average molecular weight is 263 g/mol. The van der Waals surface area contributed by atoms with Gasteiger partial charge in [0.2, 0.25) is 0 Å². The second-order valence-corrected chi connectivity index (χ2v) is 5.80. The number of nitrogens with one attached hydrogen (secondary N) is 1. The highest BCUT2D eigenvalue weighted by molar-refractivity contribution is 4.92. The third-order valence-electron chi connectivity index (χ3n) is 4.56. The van der Waals surface area contributed by atoms with E-state index in [1.54, 1.807) is 4.80 Å². The van der Waals surface area contributed by atoms with E-state index in [0.29, 0.717) is 6.04 Å². The van der Waals surface area contributed by atoms with Crippen molar-refractivity contribution in [3.63, 3.8) is 0 Å². The Morgan fingerprint density at radius 2 is 2.05 bits per heavy atom. The maximum Gasteiger partial charge on any atom is 0.0965 e. The zero-order chi connectivity index (χ0) is 13.1. The minimum Gasteiger partial charge on any atom is -0.308 e. The van der Waals surface area contributed by atoms with Gasteiger partial charge in [-0.3, -0.25) is 0 Å². The van der Waals surface area contributed by atoms with Gasteiger partial charge in [0.05, 0.1) is 18.4 Å². The minimum absolute atomic E-state index is 0.656. The van der Waals surface area contributed by atoms with Gasteiger partial charge < -0.3 is 10.2 Å². The van der Waals surface area contributed by atoms with Gasteiger partial charge in [-0.15, -0.1) is 0 Å². The average Bonchev–Trinajstić information content (AvgIpc) is 2.84. The number of aromatic nitrogens is 3. The second-order valence-electron chi connectivity index (χ2n) is 5.80. The van der Waals surface area contributed by atoms with Crippen molar-refractivity contribution >= 4 is 0 Å². The van der Waals surface area contributed by atoms with Crippen molar-refractivity contribution in [3.8, 4) is 0 Å². The first kappa shape index (κ1) is 13.1. The molecule has 106 valence electrons. The molecule has 0 aromatic carbocycles. The number of nitrogens with zero attached hydrogens (tertiary/aromatic N) is 4. The first-order chi connectivity index (χ1) is 9.35. The molecule has 1 aliphatic heterocycles. The molecule has 1 aromatic rings. The van der Waals surface area contributed by atoms with Crippen LogP contribution in [0.3, 0.4) is 0 Å². The van der Waals surface area contributed by atoms with E-state index in [4.69, 9.17) is 0 Å². The zero-order valence-electron chi connectivity index (χ0n) is 11.9. The van der Waals surface area contributed by atoms with Gasteiger partial charge in [-0.05, 0) is 45.7 Å². The summed E-state index contributed by atoms with van der Waals surface area (Å²) in [6, 6.07) is 1.56. The number of piperidine rings is 1. The molecule has 0 atom stereocenters. The Morgan fingerprint density at radius 1 is 1.26 bits per heavy atom. The van der Waals surface area contributed by atoms with Gasteiger partial charge in [-0.1, -0.05) is 6.42 Å². The molecular weight excluding hydrogens is 238 g/mol. The van der Waals surface area contributed by atoms with E-state index < -0.39 is 0 Å². The minimum atomic E-state index is 0.656. The van der Waals surface area contributed by atoms with Gasteiger partial charge in [-0.25, -0.2) is 0 Å². The predicted molar refractivity (Wildman–Crippen MR) is 74.8 cm³/mol. The summed E-state index contributed by atoms with van der Waals surface area (Å²) < 4.78 is 0. The third-order valence-corrected chi connectivity index (χ3v) is 4.56. The highest BCUT2D eigenvalue weighted by Gasteiger charge is 2.28. The fraction of sp³-hybridized carbons (Fsp3) is 0.857. The summed E-state index contributed by atoms with van der Waals surface area (Å²) in [5, 5.41) is 12.2. The molecule has 1 aliphatic carbocycles. The number of hydrogen-bond acceptors (Lipinski definition) is 4. The van der Waals surface area contributed by atoms with Gasteiger partial charge >= 0.3 is 0 Å². The highest BCUT2D eigenvalue weighted by Crippen LogP contribution is 2.27. The maximum absolute atomic E-state index is 4.41. The van der Waals surface area contributed by atoms with Crippen molar-refractivity contribution in [1.82, 2.24) is 25.2 Å². The van der Waals surface area contributed by atoms with Gasteiger partial charge in [0.25, 0.3) is 0 Å². The normalized spacial score (nSPS) is 22.6. The molecule has 0 radical (unpaired) electrons. The Bertz CT molecular complexity index is 390. The standard InChI is InChI=1S/C14H25N5/c1-2-19-16-11-13(17-19)10-15-12-6-8-18(9-7-12)14-4-3-5-14/h11-12,14-15H,2-10H2,1H3. The molecule has 1 N–H and O–H groups in total. The van der Waals surface area contributed by atoms with Crippen LogP contribution in [-0.4, -0.2) is 45.1 Å². The Kier molecular flexibility index (Phi) is 4.13. The SMILES string of the molecule is CCn1ncc(CNC2CCN(C3CCC3)CC2)n1. The van der Waals surface area contributed by atoms with E-state index in [1.165, 1.54) is 45.2 Å². The lowest BCUT2D eigenvalue weighted by molar-refractivity contribution is 0.0921. The number of aryl methyl sites for hydroxylation is 1. The molecular formula is C14H25N5. The second kappa shape index (κ2) is 6.01. The van der Waals surface area contributed by atoms with Gasteiger partial charge in [-0.2, -0.15) is 15.0 Å². The monoisotopic (exact) mass is 263 g/mol. The molecule has 1 saturated carbocycles. The summed E-state index contributed by atoms with van der Waals surface area (Å²) in [4.78, 5) is 4.44. The molecule has 19 heavy (non-hydrogen) atoms. The summed E-state index contributed by atoms with van der Waals surface area (Å²) in [5.41, 5.74) is 1.06. The van der Waals surface area contributed by atoms with Crippen molar-refractivity contribution in [2.45, 2.75) is 64.2 Å². The van der Waals surface area contributed by atoms with Crippen molar-refractivity contribution in [1.29, 1.82) is 0 Å². The zero-order valence-corrected chi connectivity index (χ0v) is 11.9. The number of rotatable bonds is 5. The molecule has 2 heterocycles. The molecule has 1 saturated heterocycles. The molecule has 3 rings (SSSR count). The lowest BCUT2D eigenvalue weighted by Crippen LogP contribution is -2.48. The van der Waals surface area contributed by atoms with Crippen LogP contribution >= 0.6 is 0 Å². The predicted octanol–water partition coefficient (Wildman–Crippen LogP) is 1.40. The first-order valence-electron chi connectivity index (χ1n) is 7.71. The summed E-state index contributed by atoms with van der Waals surface area (Å²) in [5.74, 6) is 0. The topological polar surface area (TPSA) is 46.0 Å². The Hall–Kier alpha value is -0.940. The molecule has 1 aromatic heterocycles. The van der Waals surface area contributed by atoms with E-state index in [2.05, 4.69) is 27.3 Å². The Morgan fingerprint density at radius 3 is 2.63 bits per heavy atom. The number of hydrogen-bond donors (Lipinski definition) is 1. The van der Waals surface area contributed by atoms with E-state index >= 15 is 0 Å². The van der Waals surface area contributed by atoms with E-state index in [-0.39, 0.29) is 0 Å². The van der Waals surface area contributed by atoms with E-state index in [1.807, 2.05) is 6.20 Å². The Labute approximate surface area is 115 Å². The van der Waals surface area contributed by atoms with Crippen LogP contribution in [0, 0.1) is 0 Å². The van der Waals surface area contributed by atoms with Crippen molar-refractivity contribution in [3.05, 3.63) is 11.9 Å². The van der Waals surface area contributed by atoms with Crippen LogP contribution in [-0.2, 0) is 13.1 Å². The highest BCUT2D eigenvalue weighted by atomic mass is 15.5. The summed E-state index contributed by atoms with van der Waals surface area (Å²) in [6.07, 6.45) is 8.73. The maximum atomic E-state index is 4.41. The fourth-order valence-corrected chi connectivity index (χ4v) is 3.04. The third kappa shape index (κ3) is 3.15. The van der Waals surface area contributed by atoms with Crippen molar-refractivity contribution in [2.24, 2.45) is 0 Å². The van der Waals surface area contributed by atoms with Crippen LogP contribution in [0.15, 0.2) is 6.20 Å².